The van der Waals surface area contributed by atoms with Crippen molar-refractivity contribution >= 4 is 23.1 Å². The molecular weight excluding hydrogens is 220 g/mol. The normalized spacial score (nSPS) is 12.3. The van der Waals surface area contributed by atoms with Crippen LogP contribution in [0, 0.1) is 5.41 Å². The van der Waals surface area contributed by atoms with Crippen LogP contribution in [-0.4, -0.2) is 16.4 Å². The predicted octanol–water partition coefficient (Wildman–Crippen LogP) is 2.38. The predicted molar refractivity (Wildman–Crippen MR) is 72.3 cm³/mol. The number of carbonyl (C=O) groups is 1. The van der Waals surface area contributed by atoms with Gasteiger partial charge in [0.25, 0.3) is 0 Å². The lowest BCUT2D eigenvalue weighted by Gasteiger charge is -2.35. The van der Waals surface area contributed by atoms with E-state index in [1.807, 2.05) is 34.6 Å². The number of nitrogens with two attached hydrogens (primary N) is 1. The van der Waals surface area contributed by atoms with Crippen LogP contribution in [0.2, 0.25) is 0 Å². The average molecular weight is 244 g/mol. The smallest absolute Gasteiger partial charge is 0.226 e. The van der Waals surface area contributed by atoms with E-state index in [0.717, 1.165) is 19.3 Å². The van der Waals surface area contributed by atoms with Gasteiger partial charge in [0.1, 0.15) is 0 Å². The molecule has 0 atom stereocenters. The van der Waals surface area contributed by atoms with Gasteiger partial charge in [0.2, 0.25) is 5.91 Å². The van der Waals surface area contributed by atoms with Crippen molar-refractivity contribution in [2.24, 2.45) is 11.1 Å². The molecule has 16 heavy (non-hydrogen) atoms. The molecule has 1 amide bonds. The number of thiocarbonyl (C=S) groups is 1. The van der Waals surface area contributed by atoms with Crippen molar-refractivity contribution in [2.45, 2.75) is 59.4 Å². The van der Waals surface area contributed by atoms with Gasteiger partial charge >= 0.3 is 0 Å². The van der Waals surface area contributed by atoms with Crippen LogP contribution in [0.1, 0.15) is 53.9 Å². The van der Waals surface area contributed by atoms with E-state index in [-0.39, 0.29) is 11.3 Å². The van der Waals surface area contributed by atoms with Crippen molar-refractivity contribution < 1.29 is 4.79 Å². The van der Waals surface area contributed by atoms with Crippen LogP contribution in [0.4, 0.5) is 0 Å². The summed E-state index contributed by atoms with van der Waals surface area (Å²) in [6, 6.07) is 0. The van der Waals surface area contributed by atoms with Gasteiger partial charge in [-0.15, -0.1) is 0 Å². The zero-order chi connectivity index (χ0) is 13.0. The summed E-state index contributed by atoms with van der Waals surface area (Å²) in [7, 11) is 0. The third-order valence-corrected chi connectivity index (χ3v) is 3.92. The van der Waals surface area contributed by atoms with Gasteiger partial charge in [0, 0.05) is 5.41 Å². The summed E-state index contributed by atoms with van der Waals surface area (Å²) in [5.74, 6) is 0.0199. The highest BCUT2D eigenvalue weighted by atomic mass is 32.1. The van der Waals surface area contributed by atoms with E-state index in [9.17, 15) is 4.79 Å². The van der Waals surface area contributed by atoms with Gasteiger partial charge in [-0.1, -0.05) is 46.8 Å². The highest BCUT2D eigenvalue weighted by molar-refractivity contribution is 7.80. The maximum absolute atomic E-state index is 12.1. The minimum atomic E-state index is -0.529. The highest BCUT2D eigenvalue weighted by Crippen LogP contribution is 2.23. The van der Waals surface area contributed by atoms with Crippen molar-refractivity contribution in [3.63, 3.8) is 0 Å². The summed E-state index contributed by atoms with van der Waals surface area (Å²) in [5.41, 5.74) is 4.84. The minimum Gasteiger partial charge on any atom is -0.391 e. The summed E-state index contributed by atoms with van der Waals surface area (Å²) in [4.78, 5) is 12.5. The molecule has 0 aliphatic heterocycles. The van der Waals surface area contributed by atoms with E-state index in [2.05, 4.69) is 5.32 Å². The number of carbonyl (C=O) groups excluding carboxylic acids is 1. The summed E-state index contributed by atoms with van der Waals surface area (Å²) in [6.45, 7) is 9.83. The van der Waals surface area contributed by atoms with E-state index in [1.54, 1.807) is 0 Å². The van der Waals surface area contributed by atoms with Gasteiger partial charge in [-0.25, -0.2) is 0 Å². The zero-order valence-corrected chi connectivity index (χ0v) is 11.8. The van der Waals surface area contributed by atoms with Crippen LogP contribution in [0.25, 0.3) is 0 Å². The Labute approximate surface area is 104 Å². The lowest BCUT2D eigenvalue weighted by atomic mass is 9.85. The van der Waals surface area contributed by atoms with E-state index in [4.69, 9.17) is 18.0 Å². The molecular formula is C12H24N2OS. The molecule has 0 spiro atoms. The first-order valence-electron chi connectivity index (χ1n) is 5.88. The maximum Gasteiger partial charge on any atom is 0.226 e. The Balaban J connectivity index is 4.92. The Hall–Kier alpha value is -0.640. The molecule has 0 unspecified atom stereocenters. The Bertz CT molecular complexity index is 270. The van der Waals surface area contributed by atoms with Crippen molar-refractivity contribution in [1.82, 2.24) is 5.32 Å². The summed E-state index contributed by atoms with van der Waals surface area (Å²) in [6.07, 6.45) is 2.24. The first-order chi connectivity index (χ1) is 7.25. The Morgan fingerprint density at radius 1 is 1.19 bits per heavy atom. The number of amides is 1. The lowest BCUT2D eigenvalue weighted by molar-refractivity contribution is -0.130. The molecule has 0 aliphatic carbocycles. The van der Waals surface area contributed by atoms with Crippen LogP contribution in [0.15, 0.2) is 0 Å². The van der Waals surface area contributed by atoms with Crippen LogP contribution in [0.5, 0.6) is 0 Å². The van der Waals surface area contributed by atoms with Crippen LogP contribution < -0.4 is 11.1 Å². The quantitative estimate of drug-likeness (QED) is 0.705. The topological polar surface area (TPSA) is 55.1 Å². The van der Waals surface area contributed by atoms with E-state index in [1.165, 1.54) is 0 Å². The average Bonchev–Trinajstić information content (AvgIpc) is 2.25. The van der Waals surface area contributed by atoms with Gasteiger partial charge in [-0.3, -0.25) is 4.79 Å². The van der Waals surface area contributed by atoms with Gasteiger partial charge in [-0.05, 0) is 19.3 Å². The van der Waals surface area contributed by atoms with Crippen molar-refractivity contribution in [2.75, 3.05) is 0 Å². The molecule has 0 saturated carbocycles. The first kappa shape index (κ1) is 15.4. The van der Waals surface area contributed by atoms with Gasteiger partial charge in [0.05, 0.1) is 10.5 Å². The fourth-order valence-electron chi connectivity index (χ4n) is 1.38. The maximum atomic E-state index is 12.1. The molecule has 0 aromatic heterocycles. The molecule has 0 aromatic rings. The molecule has 0 radical (unpaired) electrons. The fraction of sp³-hybridized carbons (Fsp3) is 0.833. The number of hydrogen-bond donors (Lipinski definition) is 2. The molecule has 0 fully saturated rings. The SMILES string of the molecule is CCC(C)(C)C(=O)NC(CC)(CC)C(N)=S. The van der Waals surface area contributed by atoms with Crippen LogP contribution >= 0.6 is 12.2 Å². The van der Waals surface area contributed by atoms with Crippen molar-refractivity contribution in [3.05, 3.63) is 0 Å². The fourth-order valence-corrected chi connectivity index (χ4v) is 1.72. The third kappa shape index (κ3) is 3.17. The molecule has 0 aliphatic rings. The largest absolute Gasteiger partial charge is 0.391 e. The monoisotopic (exact) mass is 244 g/mol. The Morgan fingerprint density at radius 2 is 1.62 bits per heavy atom. The lowest BCUT2D eigenvalue weighted by Crippen LogP contribution is -2.58. The highest BCUT2D eigenvalue weighted by Gasteiger charge is 2.36. The molecule has 94 valence electrons. The van der Waals surface area contributed by atoms with Gasteiger partial charge < -0.3 is 11.1 Å². The Kier molecular flexibility index (Phi) is 5.39. The van der Waals surface area contributed by atoms with Crippen molar-refractivity contribution in [1.29, 1.82) is 0 Å². The Morgan fingerprint density at radius 3 is 1.88 bits per heavy atom. The number of nitrogens with one attached hydrogen (secondary N) is 1. The summed E-state index contributed by atoms with van der Waals surface area (Å²) in [5, 5.41) is 3.02. The molecule has 0 bridgehead atoms. The van der Waals surface area contributed by atoms with E-state index >= 15 is 0 Å². The third-order valence-electron chi connectivity index (χ3n) is 3.53. The number of rotatable bonds is 6. The zero-order valence-electron chi connectivity index (χ0n) is 11.0. The molecule has 0 rings (SSSR count). The van der Waals surface area contributed by atoms with Crippen LogP contribution in [0.3, 0.4) is 0 Å². The molecule has 0 saturated heterocycles. The molecule has 0 heterocycles. The summed E-state index contributed by atoms with van der Waals surface area (Å²) >= 11 is 5.07. The second-order valence-corrected chi connectivity index (χ2v) is 5.28. The van der Waals surface area contributed by atoms with Gasteiger partial charge in [0.15, 0.2) is 0 Å². The van der Waals surface area contributed by atoms with Gasteiger partial charge in [-0.2, -0.15) is 0 Å². The minimum absolute atomic E-state index is 0.0199. The number of hydrogen-bond acceptors (Lipinski definition) is 2. The van der Waals surface area contributed by atoms with E-state index < -0.39 is 5.54 Å². The van der Waals surface area contributed by atoms with Crippen molar-refractivity contribution in [3.8, 4) is 0 Å². The van der Waals surface area contributed by atoms with E-state index in [0.29, 0.717) is 4.99 Å². The second kappa shape index (κ2) is 5.62. The molecule has 4 heteroatoms. The first-order valence-corrected chi connectivity index (χ1v) is 6.29. The summed E-state index contributed by atoms with van der Waals surface area (Å²) < 4.78 is 0. The standard InChI is InChI=1S/C12H24N2OS/c1-6-11(4,5)10(15)14-12(7-2,8-3)9(13)16/h6-8H2,1-5H3,(H2,13,16)(H,14,15). The second-order valence-electron chi connectivity index (χ2n) is 4.85. The molecule has 3 N–H and O–H groups in total. The molecule has 3 nitrogen and oxygen atoms in total. The molecule has 0 aromatic carbocycles. The van der Waals surface area contributed by atoms with Crippen LogP contribution in [-0.2, 0) is 4.79 Å².